The van der Waals surface area contributed by atoms with Gasteiger partial charge >= 0.3 is 0 Å². The molecule has 2 rings (SSSR count). The van der Waals surface area contributed by atoms with Gasteiger partial charge < -0.3 is 14.9 Å². The van der Waals surface area contributed by atoms with Gasteiger partial charge in [-0.25, -0.2) is 0 Å². The Kier molecular flexibility index (Phi) is 3.77. The minimum Gasteiger partial charge on any atom is -0.497 e. The van der Waals surface area contributed by atoms with Gasteiger partial charge in [0.15, 0.2) is 0 Å². The van der Waals surface area contributed by atoms with Crippen molar-refractivity contribution in [2.24, 2.45) is 0 Å². The quantitative estimate of drug-likeness (QED) is 0.821. The highest BCUT2D eigenvalue weighted by Gasteiger charge is 2.45. The summed E-state index contributed by atoms with van der Waals surface area (Å²) in [5.41, 5.74) is 1.75. The summed E-state index contributed by atoms with van der Waals surface area (Å²) in [5.74, 6) is 0.752. The Labute approximate surface area is 126 Å². The maximum atomic E-state index is 11.3. The van der Waals surface area contributed by atoms with E-state index in [1.54, 1.807) is 14.0 Å². The molecule has 0 fully saturated rings. The third-order valence-electron chi connectivity index (χ3n) is 5.18. The van der Waals surface area contributed by atoms with Crippen LogP contribution >= 0.6 is 0 Å². The van der Waals surface area contributed by atoms with E-state index in [9.17, 15) is 10.2 Å². The predicted molar refractivity (Wildman–Crippen MR) is 84.3 cm³/mol. The highest BCUT2D eigenvalue weighted by molar-refractivity contribution is 5.54. The summed E-state index contributed by atoms with van der Waals surface area (Å²) in [4.78, 5) is 0. The molecule has 0 radical (unpaired) electrons. The molecule has 114 valence electrons. The Hall–Kier alpha value is -1.58. The second kappa shape index (κ2) is 5.00. The van der Waals surface area contributed by atoms with Crippen molar-refractivity contribution >= 4 is 0 Å². The molecular weight excluding hydrogens is 264 g/mol. The predicted octanol–water partition coefficient (Wildman–Crippen LogP) is 3.32. The van der Waals surface area contributed by atoms with E-state index >= 15 is 0 Å². The lowest BCUT2D eigenvalue weighted by molar-refractivity contribution is 0.0767. The first-order valence-electron chi connectivity index (χ1n) is 7.13. The van der Waals surface area contributed by atoms with E-state index in [0.29, 0.717) is 0 Å². The van der Waals surface area contributed by atoms with Crippen molar-refractivity contribution < 1.29 is 14.9 Å². The van der Waals surface area contributed by atoms with E-state index < -0.39 is 11.2 Å². The highest BCUT2D eigenvalue weighted by Crippen LogP contribution is 2.48. The molecule has 0 bridgehead atoms. The fraction of sp³-hybridized carbons (Fsp3) is 0.444. The standard InChI is InChI=1S/C18H24O3/c1-11-13(3)18(20,14(4)12(2)17(11,5)19)15-7-9-16(21-6)10-8-15/h7-10,19-20H,1-6H3. The molecule has 0 saturated heterocycles. The van der Waals surface area contributed by atoms with E-state index in [4.69, 9.17) is 4.74 Å². The molecule has 0 heterocycles. The molecule has 3 nitrogen and oxygen atoms in total. The van der Waals surface area contributed by atoms with E-state index in [1.807, 2.05) is 52.0 Å². The van der Waals surface area contributed by atoms with Crippen LogP contribution in [0, 0.1) is 0 Å². The first-order chi connectivity index (χ1) is 9.67. The normalized spacial score (nSPS) is 29.9. The molecule has 0 amide bonds. The van der Waals surface area contributed by atoms with Gasteiger partial charge in [0.05, 0.1) is 7.11 Å². The monoisotopic (exact) mass is 288 g/mol. The first kappa shape index (κ1) is 15.8. The number of aliphatic hydroxyl groups is 2. The third-order valence-corrected chi connectivity index (χ3v) is 5.18. The minimum atomic E-state index is -1.18. The van der Waals surface area contributed by atoms with E-state index in [2.05, 4.69) is 0 Å². The van der Waals surface area contributed by atoms with Crippen molar-refractivity contribution in [3.05, 3.63) is 52.1 Å². The van der Waals surface area contributed by atoms with Gasteiger partial charge in [0.2, 0.25) is 0 Å². The van der Waals surface area contributed by atoms with Crippen LogP contribution in [0.2, 0.25) is 0 Å². The summed E-state index contributed by atoms with van der Waals surface area (Å²) in [6, 6.07) is 7.41. The first-order valence-corrected chi connectivity index (χ1v) is 7.13. The summed E-state index contributed by atoms with van der Waals surface area (Å²) < 4.78 is 5.17. The highest BCUT2D eigenvalue weighted by atomic mass is 16.5. The second-order valence-corrected chi connectivity index (χ2v) is 6.01. The average molecular weight is 288 g/mol. The molecular formula is C18H24O3. The Bertz CT molecular complexity index is 590. The molecule has 0 unspecified atom stereocenters. The van der Waals surface area contributed by atoms with Crippen molar-refractivity contribution in [2.45, 2.75) is 45.8 Å². The third kappa shape index (κ3) is 2.12. The summed E-state index contributed by atoms with van der Waals surface area (Å²) in [5, 5.41) is 22.0. The molecule has 0 spiro atoms. The van der Waals surface area contributed by atoms with Crippen LogP contribution < -0.4 is 4.74 Å². The van der Waals surface area contributed by atoms with Crippen molar-refractivity contribution in [3.63, 3.8) is 0 Å². The van der Waals surface area contributed by atoms with Crippen LogP contribution in [0.15, 0.2) is 46.6 Å². The number of ether oxygens (including phenoxy) is 1. The molecule has 21 heavy (non-hydrogen) atoms. The van der Waals surface area contributed by atoms with Crippen LogP contribution in [0.4, 0.5) is 0 Å². The minimum absolute atomic E-state index is 0.752. The van der Waals surface area contributed by atoms with Crippen LogP contribution in [0.1, 0.15) is 40.2 Å². The second-order valence-electron chi connectivity index (χ2n) is 6.01. The van der Waals surface area contributed by atoms with Gasteiger partial charge in [0.25, 0.3) is 0 Å². The van der Waals surface area contributed by atoms with Crippen LogP contribution in [-0.2, 0) is 5.60 Å². The molecule has 2 N–H and O–H groups in total. The van der Waals surface area contributed by atoms with Gasteiger partial charge in [-0.15, -0.1) is 0 Å². The van der Waals surface area contributed by atoms with Crippen LogP contribution in [-0.4, -0.2) is 22.9 Å². The van der Waals surface area contributed by atoms with Crippen molar-refractivity contribution in [1.82, 2.24) is 0 Å². The van der Waals surface area contributed by atoms with Crippen LogP contribution in [0.3, 0.4) is 0 Å². The maximum absolute atomic E-state index is 11.3. The van der Waals surface area contributed by atoms with E-state index in [-0.39, 0.29) is 0 Å². The summed E-state index contributed by atoms with van der Waals surface area (Å²) in [6.07, 6.45) is 0. The average Bonchev–Trinajstić information content (AvgIpc) is 2.50. The van der Waals surface area contributed by atoms with Gasteiger partial charge in [-0.05, 0) is 74.6 Å². The summed E-state index contributed by atoms with van der Waals surface area (Å²) in [6.45, 7) is 9.28. The van der Waals surface area contributed by atoms with Gasteiger partial charge in [-0.1, -0.05) is 12.1 Å². The number of methoxy groups -OCH3 is 1. The van der Waals surface area contributed by atoms with Gasteiger partial charge in [-0.3, -0.25) is 0 Å². The smallest absolute Gasteiger partial charge is 0.132 e. The SMILES string of the molecule is COc1ccc(C2(O)C(C)=C(C)C(C)(O)C(C)=C2C)cc1. The lowest BCUT2D eigenvalue weighted by atomic mass is 9.67. The largest absolute Gasteiger partial charge is 0.497 e. The maximum Gasteiger partial charge on any atom is 0.132 e. The Morgan fingerprint density at radius 3 is 1.62 bits per heavy atom. The molecule has 0 saturated carbocycles. The van der Waals surface area contributed by atoms with Crippen LogP contribution in [0.25, 0.3) is 0 Å². The van der Waals surface area contributed by atoms with Crippen LogP contribution in [0.5, 0.6) is 5.75 Å². The number of hydrogen-bond donors (Lipinski definition) is 2. The van der Waals surface area contributed by atoms with Crippen molar-refractivity contribution in [2.75, 3.05) is 7.11 Å². The van der Waals surface area contributed by atoms with E-state index in [1.165, 1.54) is 0 Å². The Balaban J connectivity index is 2.66. The number of rotatable bonds is 2. The molecule has 1 aromatic rings. The molecule has 1 aliphatic carbocycles. The molecule has 3 heteroatoms. The molecule has 0 atom stereocenters. The number of benzene rings is 1. The molecule has 0 aliphatic heterocycles. The zero-order chi connectivity index (χ0) is 16.0. The molecule has 0 aromatic heterocycles. The lowest BCUT2D eigenvalue weighted by Gasteiger charge is -2.43. The Morgan fingerprint density at radius 2 is 1.24 bits per heavy atom. The van der Waals surface area contributed by atoms with Gasteiger partial charge in [0, 0.05) is 0 Å². The zero-order valence-electron chi connectivity index (χ0n) is 13.6. The molecule has 1 aliphatic rings. The summed E-state index contributed by atoms with van der Waals surface area (Å²) >= 11 is 0. The Morgan fingerprint density at radius 1 is 0.810 bits per heavy atom. The van der Waals surface area contributed by atoms with E-state index in [0.717, 1.165) is 33.6 Å². The fourth-order valence-electron chi connectivity index (χ4n) is 3.10. The van der Waals surface area contributed by atoms with Gasteiger partial charge in [-0.2, -0.15) is 0 Å². The molecule has 1 aromatic carbocycles. The summed E-state index contributed by atoms with van der Waals surface area (Å²) in [7, 11) is 1.62. The van der Waals surface area contributed by atoms with Gasteiger partial charge in [0.1, 0.15) is 17.0 Å². The number of hydrogen-bond acceptors (Lipinski definition) is 3. The lowest BCUT2D eigenvalue weighted by Crippen LogP contribution is -2.42. The fourth-order valence-corrected chi connectivity index (χ4v) is 3.10. The van der Waals surface area contributed by atoms with Crippen molar-refractivity contribution in [1.29, 1.82) is 0 Å². The zero-order valence-corrected chi connectivity index (χ0v) is 13.6. The topological polar surface area (TPSA) is 49.7 Å². The van der Waals surface area contributed by atoms with Crippen molar-refractivity contribution in [3.8, 4) is 5.75 Å².